The lowest BCUT2D eigenvalue weighted by atomic mass is 10.2. The summed E-state index contributed by atoms with van der Waals surface area (Å²) >= 11 is 0. The second-order valence-electron chi connectivity index (χ2n) is 2.16. The van der Waals surface area contributed by atoms with Crippen molar-refractivity contribution in [1.82, 2.24) is 0 Å². The quantitative estimate of drug-likeness (QED) is 0.574. The van der Waals surface area contributed by atoms with Gasteiger partial charge in [-0.15, -0.1) is 12.3 Å². The molecule has 0 aromatic rings. The number of rotatable bonds is 5. The van der Waals surface area contributed by atoms with Crippen LogP contribution < -0.4 is 5.73 Å². The highest BCUT2D eigenvalue weighted by Crippen LogP contribution is 1.92. The average molecular weight is 141 g/mol. The van der Waals surface area contributed by atoms with E-state index in [0.717, 1.165) is 19.4 Å². The summed E-state index contributed by atoms with van der Waals surface area (Å²) < 4.78 is 5.10. The molecule has 0 amide bonds. The van der Waals surface area contributed by atoms with Crippen molar-refractivity contribution in [2.45, 2.75) is 25.8 Å². The molecule has 10 heavy (non-hydrogen) atoms. The molecular weight excluding hydrogens is 126 g/mol. The third-order valence-corrected chi connectivity index (χ3v) is 1.20. The van der Waals surface area contributed by atoms with Crippen LogP contribution in [0.2, 0.25) is 0 Å². The summed E-state index contributed by atoms with van der Waals surface area (Å²) in [6.45, 7) is 3.30. The fourth-order valence-electron chi connectivity index (χ4n) is 0.621. The molecule has 1 atom stereocenters. The zero-order valence-electron chi connectivity index (χ0n) is 6.47. The molecule has 1 unspecified atom stereocenters. The van der Waals surface area contributed by atoms with Gasteiger partial charge < -0.3 is 10.5 Å². The van der Waals surface area contributed by atoms with E-state index in [1.54, 1.807) is 0 Å². The van der Waals surface area contributed by atoms with Crippen LogP contribution in [0.25, 0.3) is 0 Å². The lowest BCUT2D eigenvalue weighted by Gasteiger charge is -2.08. The summed E-state index contributed by atoms with van der Waals surface area (Å²) in [5.74, 6) is 2.54. The Morgan fingerprint density at radius 1 is 1.70 bits per heavy atom. The molecule has 0 bridgehead atoms. The number of hydrogen-bond acceptors (Lipinski definition) is 2. The zero-order valence-corrected chi connectivity index (χ0v) is 6.47. The molecule has 0 saturated carbocycles. The molecule has 2 N–H and O–H groups in total. The van der Waals surface area contributed by atoms with Crippen molar-refractivity contribution < 1.29 is 4.74 Å². The van der Waals surface area contributed by atoms with Gasteiger partial charge in [0.05, 0.1) is 6.61 Å². The van der Waals surface area contributed by atoms with Gasteiger partial charge in [0.15, 0.2) is 0 Å². The van der Waals surface area contributed by atoms with Crippen LogP contribution in [0.1, 0.15) is 19.8 Å². The second kappa shape index (κ2) is 6.60. The Morgan fingerprint density at radius 2 is 2.40 bits per heavy atom. The maximum Gasteiger partial charge on any atom is 0.0617 e. The largest absolute Gasteiger partial charge is 0.380 e. The van der Waals surface area contributed by atoms with E-state index in [1.165, 1.54) is 0 Å². The lowest BCUT2D eigenvalue weighted by molar-refractivity contribution is 0.131. The summed E-state index contributed by atoms with van der Waals surface area (Å²) in [6.07, 6.45) is 6.66. The summed E-state index contributed by atoms with van der Waals surface area (Å²) in [5.41, 5.74) is 5.63. The minimum Gasteiger partial charge on any atom is -0.380 e. The van der Waals surface area contributed by atoms with Gasteiger partial charge >= 0.3 is 0 Å². The molecule has 0 rings (SSSR count). The van der Waals surface area contributed by atoms with E-state index in [2.05, 4.69) is 5.92 Å². The van der Waals surface area contributed by atoms with E-state index in [9.17, 15) is 0 Å². The fraction of sp³-hybridized carbons (Fsp3) is 0.750. The van der Waals surface area contributed by atoms with Gasteiger partial charge in [-0.3, -0.25) is 0 Å². The van der Waals surface area contributed by atoms with Crippen molar-refractivity contribution in [3.63, 3.8) is 0 Å². The van der Waals surface area contributed by atoms with Crippen molar-refractivity contribution in [2.75, 3.05) is 13.2 Å². The van der Waals surface area contributed by atoms with Crippen molar-refractivity contribution in [3.8, 4) is 12.3 Å². The minimum absolute atomic E-state index is 0.107. The Balaban J connectivity index is 3.10. The number of hydrogen-bond donors (Lipinski definition) is 1. The summed E-state index contributed by atoms with van der Waals surface area (Å²) in [5, 5.41) is 0. The normalized spacial score (nSPS) is 12.5. The van der Waals surface area contributed by atoms with Crippen LogP contribution in [0.4, 0.5) is 0 Å². The number of nitrogens with two attached hydrogens (primary N) is 1. The zero-order chi connectivity index (χ0) is 7.82. The topological polar surface area (TPSA) is 35.2 Å². The van der Waals surface area contributed by atoms with Crippen LogP contribution in [0, 0.1) is 12.3 Å². The van der Waals surface area contributed by atoms with Crippen molar-refractivity contribution >= 4 is 0 Å². The molecule has 2 heteroatoms. The van der Waals surface area contributed by atoms with Crippen LogP contribution in [0.15, 0.2) is 0 Å². The first-order valence-electron chi connectivity index (χ1n) is 3.58. The SMILES string of the molecule is C#CCCC(N)COCC. The van der Waals surface area contributed by atoms with E-state index in [-0.39, 0.29) is 6.04 Å². The first kappa shape index (κ1) is 9.48. The van der Waals surface area contributed by atoms with Crippen molar-refractivity contribution in [1.29, 1.82) is 0 Å². The average Bonchev–Trinajstić information content (AvgIpc) is 1.97. The highest BCUT2D eigenvalue weighted by Gasteiger charge is 1.98. The third-order valence-electron chi connectivity index (χ3n) is 1.20. The Bertz CT molecular complexity index is 106. The van der Waals surface area contributed by atoms with E-state index in [4.69, 9.17) is 16.9 Å². The van der Waals surface area contributed by atoms with Gasteiger partial charge in [0, 0.05) is 19.1 Å². The molecule has 0 aliphatic rings. The Morgan fingerprint density at radius 3 is 2.90 bits per heavy atom. The molecule has 0 saturated heterocycles. The monoisotopic (exact) mass is 141 g/mol. The molecule has 58 valence electrons. The highest BCUT2D eigenvalue weighted by atomic mass is 16.5. The van der Waals surface area contributed by atoms with E-state index in [0.29, 0.717) is 6.61 Å². The standard InChI is InChI=1S/C8H15NO/c1-3-5-6-8(9)7-10-4-2/h1,8H,4-7,9H2,2H3. The molecule has 2 nitrogen and oxygen atoms in total. The van der Waals surface area contributed by atoms with Crippen molar-refractivity contribution in [3.05, 3.63) is 0 Å². The fourth-order valence-corrected chi connectivity index (χ4v) is 0.621. The van der Waals surface area contributed by atoms with Crippen LogP contribution in [0.5, 0.6) is 0 Å². The van der Waals surface area contributed by atoms with E-state index < -0.39 is 0 Å². The maximum atomic E-state index is 5.63. The molecule has 0 aromatic heterocycles. The number of ether oxygens (including phenoxy) is 1. The van der Waals surface area contributed by atoms with Crippen molar-refractivity contribution in [2.24, 2.45) is 5.73 Å². The molecular formula is C8H15NO. The Labute approximate surface area is 62.7 Å². The third kappa shape index (κ3) is 5.61. The molecule has 0 aliphatic heterocycles. The molecule has 0 spiro atoms. The second-order valence-corrected chi connectivity index (χ2v) is 2.16. The van der Waals surface area contributed by atoms with Gasteiger partial charge in [0.25, 0.3) is 0 Å². The van der Waals surface area contributed by atoms with Gasteiger partial charge in [0.1, 0.15) is 0 Å². The Hall–Kier alpha value is -0.520. The molecule has 0 fully saturated rings. The van der Waals surface area contributed by atoms with E-state index in [1.807, 2.05) is 6.92 Å². The predicted octanol–water partition coefficient (Wildman–Crippen LogP) is 0.764. The molecule has 0 heterocycles. The van der Waals surface area contributed by atoms with Gasteiger partial charge in [-0.2, -0.15) is 0 Å². The van der Waals surface area contributed by atoms with Crippen LogP contribution in [0.3, 0.4) is 0 Å². The predicted molar refractivity (Wildman–Crippen MR) is 42.5 cm³/mol. The van der Waals surface area contributed by atoms with Gasteiger partial charge in [-0.05, 0) is 13.3 Å². The lowest BCUT2D eigenvalue weighted by Crippen LogP contribution is -2.25. The molecule has 0 aromatic carbocycles. The summed E-state index contributed by atoms with van der Waals surface area (Å²) in [7, 11) is 0. The van der Waals surface area contributed by atoms with Crippen LogP contribution in [-0.2, 0) is 4.74 Å². The van der Waals surface area contributed by atoms with Gasteiger partial charge in [0.2, 0.25) is 0 Å². The van der Waals surface area contributed by atoms with Crippen LogP contribution >= 0.6 is 0 Å². The Kier molecular flexibility index (Phi) is 6.25. The van der Waals surface area contributed by atoms with E-state index >= 15 is 0 Å². The molecule has 0 aliphatic carbocycles. The number of terminal acetylenes is 1. The first-order chi connectivity index (χ1) is 4.81. The minimum atomic E-state index is 0.107. The summed E-state index contributed by atoms with van der Waals surface area (Å²) in [4.78, 5) is 0. The highest BCUT2D eigenvalue weighted by molar-refractivity contribution is 4.84. The maximum absolute atomic E-state index is 5.63. The summed E-state index contributed by atoms with van der Waals surface area (Å²) in [6, 6.07) is 0.107. The van der Waals surface area contributed by atoms with Gasteiger partial charge in [-0.1, -0.05) is 0 Å². The molecule has 0 radical (unpaired) electrons. The van der Waals surface area contributed by atoms with Crippen LogP contribution in [-0.4, -0.2) is 19.3 Å². The smallest absolute Gasteiger partial charge is 0.0617 e. The first-order valence-corrected chi connectivity index (χ1v) is 3.58. The van der Waals surface area contributed by atoms with Gasteiger partial charge in [-0.25, -0.2) is 0 Å².